The smallest absolute Gasteiger partial charge is 0.176 e. The van der Waals surface area contributed by atoms with Gasteiger partial charge in [0, 0.05) is 10.8 Å². The highest BCUT2D eigenvalue weighted by Gasteiger charge is 2.57. The zero-order valence-electron chi connectivity index (χ0n) is 19.0. The second kappa shape index (κ2) is 7.24. The van der Waals surface area contributed by atoms with Gasteiger partial charge in [-0.1, -0.05) is 50.3 Å². The maximum Gasteiger partial charge on any atom is 0.176 e. The van der Waals surface area contributed by atoms with Gasteiger partial charge in [0.2, 0.25) is 0 Å². The van der Waals surface area contributed by atoms with Gasteiger partial charge in [0.1, 0.15) is 0 Å². The summed E-state index contributed by atoms with van der Waals surface area (Å²) < 4.78 is 0. The van der Waals surface area contributed by atoms with Gasteiger partial charge in [-0.25, -0.2) is 0 Å². The van der Waals surface area contributed by atoms with Gasteiger partial charge in [-0.2, -0.15) is 10.2 Å². The first-order chi connectivity index (χ1) is 15.5. The second-order valence-corrected chi connectivity index (χ2v) is 10.8. The van der Waals surface area contributed by atoms with E-state index in [1.54, 1.807) is 6.20 Å². The average Bonchev–Trinajstić information content (AvgIpc) is 3.12. The Balaban J connectivity index is 1.29. The minimum atomic E-state index is -0.125. The van der Waals surface area contributed by atoms with E-state index in [0.717, 1.165) is 42.2 Å². The lowest BCUT2D eigenvalue weighted by atomic mass is 9.49. The van der Waals surface area contributed by atoms with Crippen LogP contribution in [0.25, 0.3) is 10.8 Å². The summed E-state index contributed by atoms with van der Waals surface area (Å²) in [6, 6.07) is 8.11. The number of benzene rings is 1. The predicted octanol–water partition coefficient (Wildman–Crippen LogP) is 5.50. The van der Waals surface area contributed by atoms with Gasteiger partial charge in [-0.05, 0) is 78.8 Å². The number of hydrogen-bond acceptors (Lipinski definition) is 5. The monoisotopic (exact) mass is 428 g/mol. The van der Waals surface area contributed by atoms with Crippen molar-refractivity contribution in [1.82, 2.24) is 10.2 Å². The summed E-state index contributed by atoms with van der Waals surface area (Å²) >= 11 is 0. The van der Waals surface area contributed by atoms with Crippen LogP contribution in [-0.2, 0) is 0 Å². The van der Waals surface area contributed by atoms with E-state index < -0.39 is 0 Å². The maximum atomic E-state index is 10.7. The molecule has 0 aliphatic heterocycles. The minimum absolute atomic E-state index is 0.105. The molecule has 0 saturated heterocycles. The molecule has 5 nitrogen and oxygen atoms in total. The van der Waals surface area contributed by atoms with Crippen LogP contribution in [0.2, 0.25) is 0 Å². The van der Waals surface area contributed by atoms with Gasteiger partial charge in [-0.15, -0.1) is 5.10 Å². The number of aliphatic hydroxyl groups is 1. The van der Waals surface area contributed by atoms with Crippen LogP contribution in [0.3, 0.4) is 0 Å². The van der Waals surface area contributed by atoms with E-state index in [1.807, 2.05) is 24.3 Å². The Morgan fingerprint density at radius 3 is 2.88 bits per heavy atom. The van der Waals surface area contributed by atoms with Crippen molar-refractivity contribution >= 4 is 22.3 Å². The fraction of sp³-hybridized carbons (Fsp3) is 0.519. The molecule has 5 heteroatoms. The Morgan fingerprint density at radius 1 is 1.09 bits per heavy atom. The van der Waals surface area contributed by atoms with Crippen LogP contribution in [-0.4, -0.2) is 27.1 Å². The topological polar surface area (TPSA) is 70.4 Å². The lowest BCUT2D eigenvalue weighted by Gasteiger charge is -2.55. The molecule has 6 rings (SSSR count). The minimum Gasteiger partial charge on any atom is -0.393 e. The molecule has 2 saturated carbocycles. The molecule has 4 aliphatic carbocycles. The average molecular weight is 429 g/mol. The highest BCUT2D eigenvalue weighted by atomic mass is 16.3. The summed E-state index contributed by atoms with van der Waals surface area (Å²) in [7, 11) is 0. The molecule has 1 aromatic carbocycles. The molecule has 0 radical (unpaired) electrons. The van der Waals surface area contributed by atoms with Crippen molar-refractivity contribution in [1.29, 1.82) is 0 Å². The van der Waals surface area contributed by atoms with Crippen molar-refractivity contribution in [2.75, 3.05) is 5.43 Å². The molecule has 2 aromatic rings. The predicted molar refractivity (Wildman–Crippen MR) is 128 cm³/mol. The summed E-state index contributed by atoms with van der Waals surface area (Å²) in [5, 5.41) is 25.8. The number of anilines is 1. The molecule has 32 heavy (non-hydrogen) atoms. The van der Waals surface area contributed by atoms with Crippen LogP contribution >= 0.6 is 0 Å². The van der Waals surface area contributed by atoms with Crippen molar-refractivity contribution in [2.24, 2.45) is 33.7 Å². The number of hydrazone groups is 1. The molecular formula is C27H32N4O. The van der Waals surface area contributed by atoms with E-state index in [9.17, 15) is 5.11 Å². The SMILES string of the molecule is C[C@]12CC[C@H]3[C@@H](C=CC4=CC(=NNc5nncc6ccccc56)CC[C@@]43C)[C@@H]1CC[C@@H]2O. The Labute approximate surface area is 189 Å². The molecule has 0 amide bonds. The molecule has 2 fully saturated rings. The zero-order valence-corrected chi connectivity index (χ0v) is 19.0. The van der Waals surface area contributed by atoms with Gasteiger partial charge in [-0.3, -0.25) is 5.43 Å². The first-order valence-corrected chi connectivity index (χ1v) is 12.1. The fourth-order valence-electron chi connectivity index (χ4n) is 7.30. The van der Waals surface area contributed by atoms with Gasteiger partial charge in [0.05, 0.1) is 18.0 Å². The molecule has 1 heterocycles. The van der Waals surface area contributed by atoms with Gasteiger partial charge in [0.25, 0.3) is 0 Å². The standard InChI is InChI=1S/C27H32N4O/c1-26-13-11-19(29-31-25-20-6-4-3-5-17(20)16-28-30-25)15-18(26)7-8-21-22-9-10-24(32)27(22,2)14-12-23(21)26/h3-8,15-16,21-24,32H,9-14H2,1-2H3,(H,30,31)/t21-,22-,23-,24-,26-,27-/m0/s1. The van der Waals surface area contributed by atoms with Gasteiger partial charge >= 0.3 is 0 Å². The van der Waals surface area contributed by atoms with E-state index in [-0.39, 0.29) is 16.9 Å². The highest BCUT2D eigenvalue weighted by Crippen LogP contribution is 2.63. The normalized spacial score (nSPS) is 39.3. The zero-order chi connectivity index (χ0) is 21.9. The van der Waals surface area contributed by atoms with Gasteiger partial charge < -0.3 is 5.11 Å². The van der Waals surface area contributed by atoms with Gasteiger partial charge in [0.15, 0.2) is 5.82 Å². The fourth-order valence-corrected chi connectivity index (χ4v) is 7.30. The van der Waals surface area contributed by atoms with Crippen molar-refractivity contribution in [3.05, 3.63) is 54.3 Å². The van der Waals surface area contributed by atoms with Crippen molar-refractivity contribution in [3.8, 4) is 0 Å². The molecule has 2 N–H and O–H groups in total. The number of hydrogen-bond donors (Lipinski definition) is 2. The Hall–Kier alpha value is -2.53. The Kier molecular flexibility index (Phi) is 4.55. The van der Waals surface area contributed by atoms with Crippen LogP contribution < -0.4 is 5.43 Å². The van der Waals surface area contributed by atoms with Crippen molar-refractivity contribution in [3.63, 3.8) is 0 Å². The highest BCUT2D eigenvalue weighted by molar-refractivity contribution is 5.98. The van der Waals surface area contributed by atoms with Crippen molar-refractivity contribution < 1.29 is 5.11 Å². The van der Waals surface area contributed by atoms with E-state index in [4.69, 9.17) is 5.10 Å². The first kappa shape index (κ1) is 20.1. The summed E-state index contributed by atoms with van der Waals surface area (Å²) in [6.07, 6.45) is 15.4. The molecule has 0 unspecified atom stereocenters. The second-order valence-electron chi connectivity index (χ2n) is 10.8. The molecular weight excluding hydrogens is 396 g/mol. The molecule has 0 spiro atoms. The van der Waals surface area contributed by atoms with E-state index in [0.29, 0.717) is 23.6 Å². The maximum absolute atomic E-state index is 10.7. The molecule has 0 bridgehead atoms. The summed E-state index contributed by atoms with van der Waals surface area (Å²) in [4.78, 5) is 0. The van der Waals surface area contributed by atoms with Crippen molar-refractivity contribution in [2.45, 2.75) is 58.5 Å². The van der Waals surface area contributed by atoms with E-state index in [1.165, 1.54) is 18.4 Å². The number of aliphatic hydroxyl groups excluding tert-OH is 1. The summed E-state index contributed by atoms with van der Waals surface area (Å²) in [6.45, 7) is 4.80. The molecule has 6 atom stereocenters. The summed E-state index contributed by atoms with van der Waals surface area (Å²) in [5.74, 6) is 2.58. The van der Waals surface area contributed by atoms with E-state index >= 15 is 0 Å². The third-order valence-corrected chi connectivity index (χ3v) is 9.36. The Bertz CT molecular complexity index is 1150. The number of allylic oxidation sites excluding steroid dienone is 4. The van der Waals surface area contributed by atoms with Crippen LogP contribution in [0.5, 0.6) is 0 Å². The van der Waals surface area contributed by atoms with Crippen LogP contribution in [0.4, 0.5) is 5.82 Å². The number of aromatic nitrogens is 2. The van der Waals surface area contributed by atoms with Crippen LogP contribution in [0.1, 0.15) is 52.4 Å². The first-order valence-electron chi connectivity index (χ1n) is 12.1. The summed E-state index contributed by atoms with van der Waals surface area (Å²) in [5.41, 5.74) is 5.98. The lowest BCUT2D eigenvalue weighted by molar-refractivity contribution is -0.0462. The number of nitrogens with one attached hydrogen (secondary N) is 1. The number of fused-ring (bicyclic) bond motifs is 6. The molecule has 1 aromatic heterocycles. The number of nitrogens with zero attached hydrogens (tertiary/aromatic N) is 3. The number of rotatable bonds is 2. The molecule has 166 valence electrons. The quantitative estimate of drug-likeness (QED) is 0.620. The van der Waals surface area contributed by atoms with Crippen LogP contribution in [0.15, 0.2) is 59.4 Å². The molecule has 4 aliphatic rings. The van der Waals surface area contributed by atoms with E-state index in [2.05, 4.69) is 47.7 Å². The third kappa shape index (κ3) is 2.90. The Morgan fingerprint density at radius 2 is 1.97 bits per heavy atom. The third-order valence-electron chi connectivity index (χ3n) is 9.36. The largest absolute Gasteiger partial charge is 0.393 e. The van der Waals surface area contributed by atoms with Crippen LogP contribution in [0, 0.1) is 28.6 Å². The lowest BCUT2D eigenvalue weighted by Crippen LogP contribution is -2.49.